The number of aliphatic hydroxyl groups is 1. The van der Waals surface area contributed by atoms with E-state index in [0.717, 1.165) is 19.2 Å². The third kappa shape index (κ3) is 3.32. The summed E-state index contributed by atoms with van der Waals surface area (Å²) in [5.41, 5.74) is 2.25. The van der Waals surface area contributed by atoms with Gasteiger partial charge in [-0.15, -0.1) is 11.3 Å². The molecule has 0 saturated carbocycles. The zero-order chi connectivity index (χ0) is 12.4. The summed E-state index contributed by atoms with van der Waals surface area (Å²) in [5.74, 6) is 0. The predicted octanol–water partition coefficient (Wildman–Crippen LogP) is 4.75. The first kappa shape index (κ1) is 13.1. The van der Waals surface area contributed by atoms with Crippen LogP contribution in [-0.4, -0.2) is 5.11 Å². The lowest BCUT2D eigenvalue weighted by atomic mass is 10.1. The Morgan fingerprint density at radius 1 is 1.35 bits per heavy atom. The predicted molar refractivity (Wildman–Crippen MR) is 76.9 cm³/mol. The number of halogens is 2. The molecule has 1 heterocycles. The maximum absolute atomic E-state index is 10.1. The minimum absolute atomic E-state index is 0.453. The highest BCUT2D eigenvalue weighted by atomic mass is 79.9. The highest BCUT2D eigenvalue weighted by Crippen LogP contribution is 2.32. The van der Waals surface area contributed by atoms with Gasteiger partial charge in [0.1, 0.15) is 0 Å². The van der Waals surface area contributed by atoms with E-state index in [1.807, 2.05) is 37.3 Å². The summed E-state index contributed by atoms with van der Waals surface area (Å²) < 4.78 is 1.09. The van der Waals surface area contributed by atoms with Crippen LogP contribution in [0.3, 0.4) is 0 Å². The van der Waals surface area contributed by atoms with Gasteiger partial charge in [0, 0.05) is 16.3 Å². The Morgan fingerprint density at radius 2 is 2.00 bits per heavy atom. The maximum atomic E-state index is 10.1. The summed E-state index contributed by atoms with van der Waals surface area (Å²) in [6.45, 7) is 2.03. The first-order valence-electron chi connectivity index (χ1n) is 5.24. The van der Waals surface area contributed by atoms with E-state index >= 15 is 0 Å². The lowest BCUT2D eigenvalue weighted by Crippen LogP contribution is -1.99. The highest BCUT2D eigenvalue weighted by molar-refractivity contribution is 9.11. The number of benzene rings is 1. The molecule has 1 aromatic heterocycles. The SMILES string of the molecule is Cc1cc(C(O)Cc2ccc(Cl)cc2)sc1Br. The van der Waals surface area contributed by atoms with Crippen molar-refractivity contribution in [3.05, 3.63) is 55.1 Å². The van der Waals surface area contributed by atoms with Gasteiger partial charge in [0.05, 0.1) is 9.89 Å². The van der Waals surface area contributed by atoms with Crippen molar-refractivity contribution in [2.24, 2.45) is 0 Å². The molecule has 17 heavy (non-hydrogen) atoms. The van der Waals surface area contributed by atoms with Gasteiger partial charge in [0.2, 0.25) is 0 Å². The Bertz CT molecular complexity index is 487. The Kier molecular flexibility index (Phi) is 4.26. The molecule has 4 heteroatoms. The van der Waals surface area contributed by atoms with Crippen molar-refractivity contribution in [2.75, 3.05) is 0 Å². The Balaban J connectivity index is 2.11. The average molecular weight is 332 g/mol. The van der Waals surface area contributed by atoms with E-state index in [4.69, 9.17) is 11.6 Å². The average Bonchev–Trinajstić information content (AvgIpc) is 2.63. The molecule has 0 aliphatic carbocycles. The molecule has 1 N–H and O–H groups in total. The first-order chi connectivity index (χ1) is 8.06. The van der Waals surface area contributed by atoms with Crippen LogP contribution in [0.5, 0.6) is 0 Å². The van der Waals surface area contributed by atoms with Crippen LogP contribution in [0.25, 0.3) is 0 Å². The summed E-state index contributed by atoms with van der Waals surface area (Å²) in [6.07, 6.45) is 0.162. The van der Waals surface area contributed by atoms with Gasteiger partial charge in [-0.2, -0.15) is 0 Å². The summed E-state index contributed by atoms with van der Waals surface area (Å²) in [7, 11) is 0. The van der Waals surface area contributed by atoms with Crippen molar-refractivity contribution in [3.63, 3.8) is 0 Å². The van der Waals surface area contributed by atoms with Crippen LogP contribution >= 0.6 is 38.9 Å². The molecule has 1 nitrogen and oxygen atoms in total. The standard InChI is InChI=1S/C13H12BrClOS/c1-8-6-12(17-13(8)14)11(16)7-9-2-4-10(15)5-3-9/h2-6,11,16H,7H2,1H3. The second-order valence-corrected chi connectivity index (χ2v) is 6.79. The van der Waals surface area contributed by atoms with E-state index in [-0.39, 0.29) is 0 Å². The Morgan fingerprint density at radius 3 is 2.53 bits per heavy atom. The third-order valence-electron chi connectivity index (χ3n) is 2.55. The summed E-state index contributed by atoms with van der Waals surface area (Å²) in [6, 6.07) is 9.61. The molecule has 1 atom stereocenters. The van der Waals surface area contributed by atoms with Gasteiger partial charge in [-0.05, 0) is 52.2 Å². The zero-order valence-electron chi connectivity index (χ0n) is 9.28. The number of hydrogen-bond acceptors (Lipinski definition) is 2. The van der Waals surface area contributed by atoms with Crippen LogP contribution in [0, 0.1) is 6.92 Å². The van der Waals surface area contributed by atoms with Gasteiger partial charge in [0.25, 0.3) is 0 Å². The molecule has 0 aliphatic heterocycles. The van der Waals surface area contributed by atoms with Crippen LogP contribution in [0.1, 0.15) is 22.1 Å². The van der Waals surface area contributed by atoms with Crippen molar-refractivity contribution in [1.82, 2.24) is 0 Å². The fourth-order valence-corrected chi connectivity index (χ4v) is 3.28. The van der Waals surface area contributed by atoms with E-state index in [1.165, 1.54) is 5.56 Å². The van der Waals surface area contributed by atoms with E-state index in [9.17, 15) is 5.11 Å². The first-order valence-corrected chi connectivity index (χ1v) is 7.23. The molecule has 2 rings (SSSR count). The number of rotatable bonds is 3. The third-order valence-corrected chi connectivity index (χ3v) is 5.04. The normalized spacial score (nSPS) is 12.7. The van der Waals surface area contributed by atoms with Crippen molar-refractivity contribution < 1.29 is 5.11 Å². The van der Waals surface area contributed by atoms with Gasteiger partial charge in [-0.25, -0.2) is 0 Å². The molecule has 0 saturated heterocycles. The summed E-state index contributed by atoms with van der Waals surface area (Å²) in [4.78, 5) is 0.990. The zero-order valence-corrected chi connectivity index (χ0v) is 12.4. The minimum Gasteiger partial charge on any atom is -0.387 e. The van der Waals surface area contributed by atoms with Gasteiger partial charge in [0.15, 0.2) is 0 Å². The topological polar surface area (TPSA) is 20.2 Å². The van der Waals surface area contributed by atoms with Crippen molar-refractivity contribution in [3.8, 4) is 0 Å². The van der Waals surface area contributed by atoms with Crippen LogP contribution in [0.2, 0.25) is 5.02 Å². The second-order valence-electron chi connectivity index (χ2n) is 3.95. The van der Waals surface area contributed by atoms with Crippen molar-refractivity contribution in [2.45, 2.75) is 19.4 Å². The molecule has 2 aromatic rings. The molecule has 1 unspecified atom stereocenters. The Hall–Kier alpha value is -0.350. The number of aryl methyl sites for hydroxylation is 1. The molecule has 0 aliphatic rings. The maximum Gasteiger partial charge on any atom is 0.0922 e. The Labute approximate surface area is 118 Å². The van der Waals surface area contributed by atoms with E-state index in [0.29, 0.717) is 6.42 Å². The van der Waals surface area contributed by atoms with Crippen LogP contribution in [-0.2, 0) is 6.42 Å². The summed E-state index contributed by atoms with van der Waals surface area (Å²) >= 11 is 10.9. The quantitative estimate of drug-likeness (QED) is 0.860. The van der Waals surface area contributed by atoms with Gasteiger partial charge in [-0.3, -0.25) is 0 Å². The molecule has 0 fully saturated rings. The van der Waals surface area contributed by atoms with Crippen LogP contribution < -0.4 is 0 Å². The second kappa shape index (κ2) is 5.53. The van der Waals surface area contributed by atoms with Crippen LogP contribution in [0.15, 0.2) is 34.1 Å². The fourth-order valence-electron chi connectivity index (χ4n) is 1.59. The van der Waals surface area contributed by atoms with Crippen molar-refractivity contribution in [1.29, 1.82) is 0 Å². The minimum atomic E-state index is -0.453. The number of thiophene rings is 1. The van der Waals surface area contributed by atoms with E-state index in [1.54, 1.807) is 11.3 Å². The van der Waals surface area contributed by atoms with E-state index < -0.39 is 6.10 Å². The van der Waals surface area contributed by atoms with Crippen LogP contribution in [0.4, 0.5) is 0 Å². The molecule has 1 aromatic carbocycles. The lowest BCUT2D eigenvalue weighted by Gasteiger charge is -2.08. The van der Waals surface area contributed by atoms with Gasteiger partial charge in [-0.1, -0.05) is 23.7 Å². The molecule has 0 bridgehead atoms. The highest BCUT2D eigenvalue weighted by Gasteiger charge is 2.12. The smallest absolute Gasteiger partial charge is 0.0922 e. The molecule has 90 valence electrons. The summed E-state index contributed by atoms with van der Waals surface area (Å²) in [5, 5.41) is 10.9. The molecule has 0 amide bonds. The monoisotopic (exact) mass is 330 g/mol. The lowest BCUT2D eigenvalue weighted by molar-refractivity contribution is 0.182. The van der Waals surface area contributed by atoms with Gasteiger partial charge >= 0.3 is 0 Å². The molecule has 0 radical (unpaired) electrons. The largest absolute Gasteiger partial charge is 0.387 e. The molecule has 0 spiro atoms. The van der Waals surface area contributed by atoms with Crippen molar-refractivity contribution >= 4 is 38.9 Å². The number of hydrogen-bond donors (Lipinski definition) is 1. The fraction of sp³-hybridized carbons (Fsp3) is 0.231. The van der Waals surface area contributed by atoms with E-state index in [2.05, 4.69) is 15.9 Å². The molecular formula is C13H12BrClOS. The van der Waals surface area contributed by atoms with Gasteiger partial charge < -0.3 is 5.11 Å². The number of aliphatic hydroxyl groups excluding tert-OH is 1. The molecular weight excluding hydrogens is 320 g/mol.